The summed E-state index contributed by atoms with van der Waals surface area (Å²) in [5.74, 6) is -0.162. The lowest BCUT2D eigenvalue weighted by molar-refractivity contribution is 0.0792. The molecule has 0 saturated carbocycles. The third-order valence-corrected chi connectivity index (χ3v) is 2.46. The Labute approximate surface area is 107 Å². The Balaban J connectivity index is 2.70. The van der Waals surface area contributed by atoms with Crippen molar-refractivity contribution >= 4 is 11.6 Å². The van der Waals surface area contributed by atoms with Gasteiger partial charge in [-0.25, -0.2) is 0 Å². The van der Waals surface area contributed by atoms with E-state index < -0.39 is 0 Å². The van der Waals surface area contributed by atoms with Gasteiger partial charge >= 0.3 is 0 Å². The highest BCUT2D eigenvalue weighted by atomic mass is 16.2. The van der Waals surface area contributed by atoms with Gasteiger partial charge in [-0.15, -0.1) is 0 Å². The molecule has 0 fully saturated rings. The van der Waals surface area contributed by atoms with Gasteiger partial charge in [-0.05, 0) is 18.6 Å². The maximum absolute atomic E-state index is 12.0. The first kappa shape index (κ1) is 14.0. The van der Waals surface area contributed by atoms with Crippen molar-refractivity contribution in [3.8, 4) is 6.07 Å². The molecule has 0 bridgehead atoms. The lowest BCUT2D eigenvalue weighted by Gasteiger charge is -2.15. The van der Waals surface area contributed by atoms with Crippen LogP contribution in [0.25, 0.3) is 0 Å². The third-order valence-electron chi connectivity index (χ3n) is 2.46. The van der Waals surface area contributed by atoms with Gasteiger partial charge in [0.15, 0.2) is 0 Å². The third kappa shape index (κ3) is 4.06. The number of hydrogen-bond acceptors (Lipinski definition) is 4. The number of carbonyl (C=O) groups excluding carboxylic acids is 1. The number of nitrogens with zero attached hydrogens (tertiary/aromatic N) is 3. The van der Waals surface area contributed by atoms with E-state index in [2.05, 4.69) is 17.2 Å². The second-order valence-corrected chi connectivity index (χ2v) is 3.99. The van der Waals surface area contributed by atoms with E-state index in [1.54, 1.807) is 19.3 Å². The van der Waals surface area contributed by atoms with Crippen LogP contribution in [0.5, 0.6) is 0 Å². The summed E-state index contributed by atoms with van der Waals surface area (Å²) in [6.07, 6.45) is 2.97. The molecule has 1 rings (SSSR count). The van der Waals surface area contributed by atoms with E-state index in [9.17, 15) is 4.79 Å². The molecule has 0 saturated heterocycles. The molecule has 0 atom stereocenters. The second-order valence-electron chi connectivity index (χ2n) is 3.99. The van der Waals surface area contributed by atoms with Crippen molar-refractivity contribution < 1.29 is 4.79 Å². The van der Waals surface area contributed by atoms with Gasteiger partial charge in [-0.3, -0.25) is 9.78 Å². The monoisotopic (exact) mass is 246 g/mol. The van der Waals surface area contributed by atoms with Crippen molar-refractivity contribution in [2.24, 2.45) is 0 Å². The van der Waals surface area contributed by atoms with Crippen molar-refractivity contribution in [2.45, 2.75) is 19.8 Å². The highest BCUT2D eigenvalue weighted by Crippen LogP contribution is 2.09. The Morgan fingerprint density at radius 2 is 2.39 bits per heavy atom. The van der Waals surface area contributed by atoms with Gasteiger partial charge in [0.05, 0.1) is 12.5 Å². The van der Waals surface area contributed by atoms with Gasteiger partial charge < -0.3 is 10.2 Å². The molecule has 1 amide bonds. The largest absolute Gasteiger partial charge is 0.385 e. The van der Waals surface area contributed by atoms with E-state index in [0.717, 1.165) is 18.7 Å². The molecule has 0 unspecified atom stereocenters. The Morgan fingerprint density at radius 3 is 3.06 bits per heavy atom. The van der Waals surface area contributed by atoms with E-state index in [1.807, 2.05) is 12.1 Å². The van der Waals surface area contributed by atoms with Crippen LogP contribution in [-0.4, -0.2) is 35.9 Å². The van der Waals surface area contributed by atoms with Gasteiger partial charge in [0.1, 0.15) is 5.69 Å². The molecule has 0 spiro atoms. The first-order valence-corrected chi connectivity index (χ1v) is 6.01. The Bertz CT molecular complexity index is 439. The SMILES string of the molecule is CCCNc1ccnc(C(=O)N(C)CCC#N)c1. The summed E-state index contributed by atoms with van der Waals surface area (Å²) < 4.78 is 0. The number of anilines is 1. The Morgan fingerprint density at radius 1 is 1.61 bits per heavy atom. The minimum Gasteiger partial charge on any atom is -0.385 e. The first-order chi connectivity index (χ1) is 8.69. The number of carbonyl (C=O) groups is 1. The molecule has 0 aliphatic rings. The highest BCUT2D eigenvalue weighted by Gasteiger charge is 2.12. The normalized spacial score (nSPS) is 9.61. The lowest BCUT2D eigenvalue weighted by Crippen LogP contribution is -2.28. The van der Waals surface area contributed by atoms with Crippen molar-refractivity contribution in [2.75, 3.05) is 25.5 Å². The smallest absolute Gasteiger partial charge is 0.272 e. The van der Waals surface area contributed by atoms with Crippen LogP contribution in [0.15, 0.2) is 18.3 Å². The molecular formula is C13H18N4O. The zero-order valence-corrected chi connectivity index (χ0v) is 10.8. The fourth-order valence-electron chi connectivity index (χ4n) is 1.44. The zero-order chi connectivity index (χ0) is 13.4. The average molecular weight is 246 g/mol. The molecule has 1 aromatic heterocycles. The highest BCUT2D eigenvalue weighted by molar-refractivity contribution is 5.92. The summed E-state index contributed by atoms with van der Waals surface area (Å²) in [6, 6.07) is 5.59. The van der Waals surface area contributed by atoms with E-state index >= 15 is 0 Å². The number of pyridine rings is 1. The second kappa shape index (κ2) is 7.28. The summed E-state index contributed by atoms with van der Waals surface area (Å²) in [4.78, 5) is 17.6. The van der Waals surface area contributed by atoms with Crippen LogP contribution in [0, 0.1) is 11.3 Å². The van der Waals surface area contributed by atoms with E-state index in [1.165, 1.54) is 4.90 Å². The summed E-state index contributed by atoms with van der Waals surface area (Å²) in [6.45, 7) is 3.36. The number of nitrogens with one attached hydrogen (secondary N) is 1. The molecule has 0 aliphatic carbocycles. The van der Waals surface area contributed by atoms with Gasteiger partial charge in [-0.1, -0.05) is 6.92 Å². The summed E-state index contributed by atoms with van der Waals surface area (Å²) in [7, 11) is 1.67. The van der Waals surface area contributed by atoms with Gasteiger partial charge in [0.25, 0.3) is 5.91 Å². The molecule has 0 radical (unpaired) electrons. The molecule has 0 aromatic carbocycles. The van der Waals surface area contributed by atoms with Crippen LogP contribution in [-0.2, 0) is 0 Å². The number of rotatable bonds is 6. The maximum Gasteiger partial charge on any atom is 0.272 e. The molecule has 5 heteroatoms. The lowest BCUT2D eigenvalue weighted by atomic mass is 10.2. The molecule has 5 nitrogen and oxygen atoms in total. The molecule has 1 heterocycles. The molecule has 1 N–H and O–H groups in total. The van der Waals surface area contributed by atoms with Crippen LogP contribution in [0.2, 0.25) is 0 Å². The first-order valence-electron chi connectivity index (χ1n) is 6.01. The average Bonchev–Trinajstić information content (AvgIpc) is 2.42. The van der Waals surface area contributed by atoms with Gasteiger partial charge in [-0.2, -0.15) is 5.26 Å². The van der Waals surface area contributed by atoms with E-state index in [4.69, 9.17) is 5.26 Å². The maximum atomic E-state index is 12.0. The van der Waals surface area contributed by atoms with Crippen molar-refractivity contribution in [1.82, 2.24) is 9.88 Å². The summed E-state index contributed by atoms with van der Waals surface area (Å²) in [5.41, 5.74) is 1.29. The van der Waals surface area contributed by atoms with Crippen LogP contribution in [0.3, 0.4) is 0 Å². The molecule has 0 aliphatic heterocycles. The summed E-state index contributed by atoms with van der Waals surface area (Å²) >= 11 is 0. The fraction of sp³-hybridized carbons (Fsp3) is 0.462. The molecule has 18 heavy (non-hydrogen) atoms. The number of amides is 1. The Kier molecular flexibility index (Phi) is 5.65. The van der Waals surface area contributed by atoms with Crippen LogP contribution in [0.1, 0.15) is 30.3 Å². The minimum absolute atomic E-state index is 0.162. The summed E-state index contributed by atoms with van der Waals surface area (Å²) in [5, 5.41) is 11.7. The zero-order valence-electron chi connectivity index (χ0n) is 10.8. The van der Waals surface area contributed by atoms with Crippen molar-refractivity contribution in [3.05, 3.63) is 24.0 Å². The predicted molar refractivity (Wildman–Crippen MR) is 70.2 cm³/mol. The van der Waals surface area contributed by atoms with Crippen molar-refractivity contribution in [3.63, 3.8) is 0 Å². The number of aromatic nitrogens is 1. The standard InChI is InChI=1S/C13H18N4O/c1-3-7-15-11-5-8-16-12(10-11)13(18)17(2)9-4-6-14/h5,8,10H,3-4,7,9H2,1-2H3,(H,15,16). The molecular weight excluding hydrogens is 228 g/mol. The molecule has 96 valence electrons. The number of hydrogen-bond donors (Lipinski definition) is 1. The van der Waals surface area contributed by atoms with Crippen LogP contribution in [0.4, 0.5) is 5.69 Å². The van der Waals surface area contributed by atoms with Gasteiger partial charge in [0.2, 0.25) is 0 Å². The van der Waals surface area contributed by atoms with Crippen LogP contribution >= 0.6 is 0 Å². The minimum atomic E-state index is -0.162. The number of nitriles is 1. The quantitative estimate of drug-likeness (QED) is 0.832. The van der Waals surface area contributed by atoms with Crippen LogP contribution < -0.4 is 5.32 Å². The Hall–Kier alpha value is -2.09. The molecule has 1 aromatic rings. The fourth-order valence-corrected chi connectivity index (χ4v) is 1.44. The predicted octanol–water partition coefficient (Wildman–Crippen LogP) is 1.89. The topological polar surface area (TPSA) is 69.0 Å². The van der Waals surface area contributed by atoms with E-state index in [0.29, 0.717) is 18.7 Å². The van der Waals surface area contributed by atoms with E-state index in [-0.39, 0.29) is 5.91 Å². The van der Waals surface area contributed by atoms with Gasteiger partial charge in [0, 0.05) is 32.0 Å². The van der Waals surface area contributed by atoms with Crippen molar-refractivity contribution in [1.29, 1.82) is 5.26 Å².